The van der Waals surface area contributed by atoms with Gasteiger partial charge in [0.1, 0.15) is 23.0 Å². The molecule has 0 saturated carbocycles. The molecule has 1 aromatic heterocycles. The summed E-state index contributed by atoms with van der Waals surface area (Å²) in [7, 11) is 1.31. The van der Waals surface area contributed by atoms with Gasteiger partial charge >= 0.3 is 6.61 Å². The monoisotopic (exact) mass is 544 g/mol. The molecule has 0 saturated heterocycles. The van der Waals surface area contributed by atoms with Crippen molar-refractivity contribution < 1.29 is 37.2 Å². The normalized spacial score (nSPS) is 14.1. The van der Waals surface area contributed by atoms with Gasteiger partial charge < -0.3 is 19.2 Å². The molecule has 4 rings (SSSR count). The van der Waals surface area contributed by atoms with Crippen LogP contribution in [-0.2, 0) is 9.59 Å². The fourth-order valence-corrected chi connectivity index (χ4v) is 4.13. The summed E-state index contributed by atoms with van der Waals surface area (Å²) >= 11 is 0.942. The maximum Gasteiger partial charge on any atom is 0.387 e. The standard InChI is InChI=1S/C24H18F2N4O7S/c1-35-20-11-15(30(33)34)6-9-18(20)27-21(31)13-38-24-28-19(12-17-3-2-10-36-17)22(32)29(24)14-4-7-16(8-5-14)37-23(25)26/h2-12,23H,13H2,1H3,(H,27,31). The molecule has 2 amide bonds. The first-order valence-corrected chi connectivity index (χ1v) is 11.7. The van der Waals surface area contributed by atoms with Crippen LogP contribution in [0.4, 0.5) is 25.8 Å². The number of aliphatic imine (C=N–C) groups is 1. The summed E-state index contributed by atoms with van der Waals surface area (Å²) in [6.45, 7) is -3.00. The smallest absolute Gasteiger partial charge is 0.387 e. The number of non-ortho nitro benzene ring substituents is 1. The average molecular weight is 544 g/mol. The zero-order chi connectivity index (χ0) is 27.2. The minimum absolute atomic E-state index is 0.0350. The van der Waals surface area contributed by atoms with E-state index in [1.807, 2.05) is 0 Å². The van der Waals surface area contributed by atoms with Crippen LogP contribution >= 0.6 is 11.8 Å². The molecule has 0 atom stereocenters. The molecule has 0 unspecified atom stereocenters. The summed E-state index contributed by atoms with van der Waals surface area (Å²) in [4.78, 5) is 41.8. The highest BCUT2D eigenvalue weighted by atomic mass is 32.2. The molecule has 1 aliphatic rings. The number of hydrogen-bond acceptors (Lipinski definition) is 9. The third-order valence-electron chi connectivity index (χ3n) is 4.97. The maximum atomic E-state index is 13.2. The molecule has 38 heavy (non-hydrogen) atoms. The van der Waals surface area contributed by atoms with Gasteiger partial charge in [-0.15, -0.1) is 0 Å². The largest absolute Gasteiger partial charge is 0.494 e. The third kappa shape index (κ3) is 6.15. The number of rotatable bonds is 9. The van der Waals surface area contributed by atoms with Crippen LogP contribution in [0.3, 0.4) is 0 Å². The number of nitrogens with zero attached hydrogens (tertiary/aromatic N) is 3. The molecular formula is C24H18F2N4O7S. The van der Waals surface area contributed by atoms with E-state index in [0.717, 1.165) is 11.8 Å². The van der Waals surface area contributed by atoms with Crippen LogP contribution in [0, 0.1) is 10.1 Å². The Morgan fingerprint density at radius 2 is 2.03 bits per heavy atom. The van der Waals surface area contributed by atoms with Gasteiger partial charge in [-0.2, -0.15) is 8.78 Å². The van der Waals surface area contributed by atoms with Crippen molar-refractivity contribution in [3.05, 3.63) is 82.4 Å². The fourth-order valence-electron chi connectivity index (χ4n) is 3.32. The Hall–Kier alpha value is -4.72. The van der Waals surface area contributed by atoms with E-state index in [0.29, 0.717) is 11.4 Å². The van der Waals surface area contributed by atoms with Gasteiger partial charge in [0.15, 0.2) is 5.17 Å². The lowest BCUT2D eigenvalue weighted by Gasteiger charge is -2.18. The Kier molecular flexibility index (Phi) is 8.01. The third-order valence-corrected chi connectivity index (χ3v) is 5.91. The Bertz CT molecular complexity index is 1410. The summed E-state index contributed by atoms with van der Waals surface area (Å²) in [6, 6.07) is 12.4. The highest BCUT2D eigenvalue weighted by Gasteiger charge is 2.33. The number of furan rings is 1. The average Bonchev–Trinajstić information content (AvgIpc) is 3.51. The van der Waals surface area contributed by atoms with E-state index in [9.17, 15) is 28.5 Å². The summed E-state index contributed by atoms with van der Waals surface area (Å²) in [5.41, 5.74) is 0.360. The van der Waals surface area contributed by atoms with Crippen LogP contribution in [0.5, 0.6) is 11.5 Å². The molecule has 0 spiro atoms. The molecule has 11 nitrogen and oxygen atoms in total. The van der Waals surface area contributed by atoms with Crippen molar-refractivity contribution >= 4 is 51.9 Å². The van der Waals surface area contributed by atoms with E-state index >= 15 is 0 Å². The molecule has 14 heteroatoms. The molecule has 1 N–H and O–H groups in total. The van der Waals surface area contributed by atoms with Gasteiger partial charge in [-0.05, 0) is 42.5 Å². The van der Waals surface area contributed by atoms with Gasteiger partial charge in [-0.25, -0.2) is 4.99 Å². The lowest BCUT2D eigenvalue weighted by Crippen LogP contribution is -2.31. The first-order chi connectivity index (χ1) is 18.2. The summed E-state index contributed by atoms with van der Waals surface area (Å²) in [6.07, 6.45) is 2.86. The molecule has 2 aromatic carbocycles. The fraction of sp³-hybridized carbons (Fsp3) is 0.125. The van der Waals surface area contributed by atoms with Crippen LogP contribution < -0.4 is 19.7 Å². The second-order valence-electron chi connectivity index (χ2n) is 7.43. The molecule has 1 aliphatic heterocycles. The van der Waals surface area contributed by atoms with Crippen molar-refractivity contribution in [1.82, 2.24) is 0 Å². The lowest BCUT2D eigenvalue weighted by molar-refractivity contribution is -0.384. The van der Waals surface area contributed by atoms with Gasteiger partial charge in [0.2, 0.25) is 5.91 Å². The van der Waals surface area contributed by atoms with E-state index in [-0.39, 0.29) is 39.5 Å². The van der Waals surface area contributed by atoms with Crippen molar-refractivity contribution in [2.75, 3.05) is 23.1 Å². The number of halogens is 2. The second kappa shape index (κ2) is 11.6. The minimum atomic E-state index is -3.00. The summed E-state index contributed by atoms with van der Waals surface area (Å²) in [5.74, 6) is -0.826. The van der Waals surface area contributed by atoms with Crippen molar-refractivity contribution in [3.8, 4) is 11.5 Å². The number of nitro benzene ring substituents is 1. The summed E-state index contributed by atoms with van der Waals surface area (Å²) < 4.78 is 39.8. The number of alkyl halides is 2. The van der Waals surface area contributed by atoms with Crippen molar-refractivity contribution in [1.29, 1.82) is 0 Å². The number of carbonyl (C=O) groups is 2. The van der Waals surface area contributed by atoms with Crippen LogP contribution in [0.15, 0.2) is 76.0 Å². The lowest BCUT2D eigenvalue weighted by atomic mass is 10.2. The van der Waals surface area contributed by atoms with Gasteiger partial charge in [-0.1, -0.05) is 11.8 Å². The predicted octanol–water partition coefficient (Wildman–Crippen LogP) is 4.91. The molecular weight excluding hydrogens is 526 g/mol. The molecule has 0 aliphatic carbocycles. The van der Waals surface area contributed by atoms with Crippen LogP contribution in [0.25, 0.3) is 6.08 Å². The Morgan fingerprint density at radius 3 is 2.66 bits per heavy atom. The molecule has 196 valence electrons. The quantitative estimate of drug-likeness (QED) is 0.228. The second-order valence-corrected chi connectivity index (χ2v) is 8.37. The van der Waals surface area contributed by atoms with Gasteiger partial charge in [0, 0.05) is 12.1 Å². The molecule has 2 heterocycles. The minimum Gasteiger partial charge on any atom is -0.494 e. The topological polar surface area (TPSA) is 137 Å². The first-order valence-electron chi connectivity index (χ1n) is 10.7. The Labute approximate surface area is 217 Å². The number of benzene rings is 2. The van der Waals surface area contributed by atoms with Gasteiger partial charge in [0.25, 0.3) is 11.6 Å². The summed E-state index contributed by atoms with van der Waals surface area (Å²) in [5, 5.41) is 13.7. The Balaban J connectivity index is 1.53. The highest BCUT2D eigenvalue weighted by Crippen LogP contribution is 2.32. The molecule has 3 aromatic rings. The number of methoxy groups -OCH3 is 1. The van der Waals surface area contributed by atoms with Gasteiger partial charge in [0.05, 0.1) is 41.5 Å². The molecule has 0 bridgehead atoms. The number of thioether (sulfide) groups is 1. The van der Waals surface area contributed by atoms with E-state index in [4.69, 9.17) is 9.15 Å². The number of anilines is 2. The number of amidine groups is 1. The first kappa shape index (κ1) is 26.3. The number of hydrogen-bond donors (Lipinski definition) is 1. The zero-order valence-corrected chi connectivity index (χ0v) is 20.3. The van der Waals surface area contributed by atoms with E-state index in [2.05, 4.69) is 15.0 Å². The molecule has 0 fully saturated rings. The Morgan fingerprint density at radius 1 is 1.26 bits per heavy atom. The van der Waals surface area contributed by atoms with Crippen LogP contribution in [0.1, 0.15) is 5.76 Å². The van der Waals surface area contributed by atoms with E-state index < -0.39 is 23.3 Å². The number of nitrogens with one attached hydrogen (secondary N) is 1. The predicted molar refractivity (Wildman–Crippen MR) is 135 cm³/mol. The SMILES string of the molecule is COc1cc([N+](=O)[O-])ccc1NC(=O)CSC1=NC(=Cc2ccco2)C(=O)N1c1ccc(OC(F)F)cc1. The van der Waals surface area contributed by atoms with Crippen LogP contribution in [-0.4, -0.2) is 41.4 Å². The van der Waals surface area contributed by atoms with Crippen LogP contribution in [0.2, 0.25) is 0 Å². The maximum absolute atomic E-state index is 13.2. The van der Waals surface area contributed by atoms with Gasteiger partial charge in [-0.3, -0.25) is 24.6 Å². The number of amides is 2. The van der Waals surface area contributed by atoms with Crippen molar-refractivity contribution in [2.24, 2.45) is 4.99 Å². The number of carbonyl (C=O) groups excluding carboxylic acids is 2. The van der Waals surface area contributed by atoms with E-state index in [1.54, 1.807) is 12.1 Å². The van der Waals surface area contributed by atoms with Crippen molar-refractivity contribution in [2.45, 2.75) is 6.61 Å². The van der Waals surface area contributed by atoms with Crippen molar-refractivity contribution in [3.63, 3.8) is 0 Å². The zero-order valence-electron chi connectivity index (χ0n) is 19.5. The van der Waals surface area contributed by atoms with E-state index in [1.165, 1.54) is 66.8 Å². The number of nitro groups is 1. The number of ether oxygens (including phenoxy) is 2. The highest BCUT2D eigenvalue weighted by molar-refractivity contribution is 8.14. The molecule has 0 radical (unpaired) electrons.